The summed E-state index contributed by atoms with van der Waals surface area (Å²) >= 11 is 0. The van der Waals surface area contributed by atoms with Crippen molar-refractivity contribution >= 4 is 0 Å². The van der Waals surface area contributed by atoms with Crippen molar-refractivity contribution in [3.63, 3.8) is 0 Å². The average Bonchev–Trinajstić information content (AvgIpc) is 1.91. The van der Waals surface area contributed by atoms with Crippen molar-refractivity contribution in [1.82, 2.24) is 10.4 Å². The summed E-state index contributed by atoms with van der Waals surface area (Å²) < 4.78 is 5.13. The summed E-state index contributed by atoms with van der Waals surface area (Å²) in [6.45, 7) is 7.10. The first kappa shape index (κ1) is 6.58. The molecular weight excluding hydrogens is 116 g/mol. The van der Waals surface area contributed by atoms with Crippen molar-refractivity contribution in [3.05, 3.63) is 12.8 Å². The van der Waals surface area contributed by atoms with Crippen molar-refractivity contribution in [1.29, 1.82) is 0 Å². The second-order valence-electron chi connectivity index (χ2n) is 1.93. The standard InChI is InChI=1S/C6H12N2O/c1-2-7-8-3-5-9-6-4-8/h2,7H,1,3-6H2. The number of hydrazine groups is 1. The molecule has 0 amide bonds. The fraction of sp³-hybridized carbons (Fsp3) is 0.667. The highest BCUT2D eigenvalue weighted by atomic mass is 16.5. The molecule has 0 radical (unpaired) electrons. The van der Waals surface area contributed by atoms with E-state index in [0.717, 1.165) is 26.3 Å². The van der Waals surface area contributed by atoms with Crippen LogP contribution < -0.4 is 5.43 Å². The first-order valence-corrected chi connectivity index (χ1v) is 3.13. The molecule has 1 rings (SSSR count). The molecule has 9 heavy (non-hydrogen) atoms. The van der Waals surface area contributed by atoms with Crippen molar-refractivity contribution in [2.24, 2.45) is 0 Å². The van der Waals surface area contributed by atoms with E-state index in [-0.39, 0.29) is 0 Å². The van der Waals surface area contributed by atoms with Crippen molar-refractivity contribution in [3.8, 4) is 0 Å². The van der Waals surface area contributed by atoms with Crippen LogP contribution in [0, 0.1) is 0 Å². The molecule has 0 aromatic carbocycles. The van der Waals surface area contributed by atoms with Gasteiger partial charge in [-0.2, -0.15) is 0 Å². The molecule has 0 atom stereocenters. The zero-order valence-electron chi connectivity index (χ0n) is 5.47. The normalized spacial score (nSPS) is 21.3. The molecule has 1 N–H and O–H groups in total. The molecule has 0 aromatic heterocycles. The van der Waals surface area contributed by atoms with Crippen LogP contribution in [0.15, 0.2) is 12.8 Å². The summed E-state index contributed by atoms with van der Waals surface area (Å²) in [6.07, 6.45) is 1.69. The van der Waals surface area contributed by atoms with Gasteiger partial charge in [0.2, 0.25) is 0 Å². The van der Waals surface area contributed by atoms with Gasteiger partial charge in [0, 0.05) is 19.3 Å². The number of hydrogen-bond acceptors (Lipinski definition) is 3. The van der Waals surface area contributed by atoms with Gasteiger partial charge in [-0.1, -0.05) is 6.58 Å². The van der Waals surface area contributed by atoms with Gasteiger partial charge in [0.1, 0.15) is 0 Å². The van der Waals surface area contributed by atoms with Crippen molar-refractivity contribution in [2.45, 2.75) is 0 Å². The first-order valence-electron chi connectivity index (χ1n) is 3.13. The van der Waals surface area contributed by atoms with Crippen LogP contribution in [0.4, 0.5) is 0 Å². The third-order valence-corrected chi connectivity index (χ3v) is 1.28. The fourth-order valence-corrected chi connectivity index (χ4v) is 0.822. The molecule has 1 aliphatic heterocycles. The Bertz CT molecular complexity index is 89.1. The van der Waals surface area contributed by atoms with Crippen molar-refractivity contribution < 1.29 is 4.74 Å². The largest absolute Gasteiger partial charge is 0.379 e. The van der Waals surface area contributed by atoms with Gasteiger partial charge in [0.25, 0.3) is 0 Å². The highest BCUT2D eigenvalue weighted by Crippen LogP contribution is 1.90. The molecule has 1 fully saturated rings. The van der Waals surface area contributed by atoms with Crippen LogP contribution in [-0.2, 0) is 4.74 Å². The molecule has 52 valence electrons. The highest BCUT2D eigenvalue weighted by Gasteiger charge is 2.06. The summed E-state index contributed by atoms with van der Waals surface area (Å²) in [4.78, 5) is 0. The summed E-state index contributed by atoms with van der Waals surface area (Å²) in [7, 11) is 0. The second-order valence-corrected chi connectivity index (χ2v) is 1.93. The zero-order chi connectivity index (χ0) is 6.53. The van der Waals surface area contributed by atoms with Crippen LogP contribution in [0.1, 0.15) is 0 Å². The lowest BCUT2D eigenvalue weighted by molar-refractivity contribution is 0.0211. The molecule has 3 heteroatoms. The third-order valence-electron chi connectivity index (χ3n) is 1.28. The fourth-order valence-electron chi connectivity index (χ4n) is 0.822. The summed E-state index contributed by atoms with van der Waals surface area (Å²) in [5.41, 5.74) is 3.00. The molecule has 0 spiro atoms. The smallest absolute Gasteiger partial charge is 0.0612 e. The molecule has 1 heterocycles. The Kier molecular flexibility index (Phi) is 2.54. The number of morpholine rings is 1. The molecule has 1 aliphatic rings. The molecule has 0 aromatic rings. The van der Waals surface area contributed by atoms with Crippen molar-refractivity contribution in [2.75, 3.05) is 26.3 Å². The quantitative estimate of drug-likeness (QED) is 0.565. The number of nitrogens with one attached hydrogen (secondary N) is 1. The Labute approximate surface area is 55.3 Å². The van der Waals surface area contributed by atoms with E-state index >= 15 is 0 Å². The number of nitrogens with zero attached hydrogens (tertiary/aromatic N) is 1. The maximum atomic E-state index is 5.13. The van der Waals surface area contributed by atoms with Crippen LogP contribution in [0.25, 0.3) is 0 Å². The summed E-state index contributed by atoms with van der Waals surface area (Å²) in [5, 5.41) is 2.08. The van der Waals surface area contributed by atoms with E-state index in [4.69, 9.17) is 4.74 Å². The van der Waals surface area contributed by atoms with Gasteiger partial charge in [-0.25, -0.2) is 5.01 Å². The topological polar surface area (TPSA) is 24.5 Å². The van der Waals surface area contributed by atoms with E-state index in [0.29, 0.717) is 0 Å². The third kappa shape index (κ3) is 2.03. The van der Waals surface area contributed by atoms with E-state index in [1.54, 1.807) is 6.20 Å². The minimum Gasteiger partial charge on any atom is -0.379 e. The number of rotatable bonds is 2. The van der Waals surface area contributed by atoms with E-state index in [1.165, 1.54) is 0 Å². The molecule has 0 aliphatic carbocycles. The van der Waals surface area contributed by atoms with E-state index in [1.807, 2.05) is 0 Å². The summed E-state index contributed by atoms with van der Waals surface area (Å²) in [6, 6.07) is 0. The minimum absolute atomic E-state index is 0.820. The molecular formula is C6H12N2O. The molecule has 1 saturated heterocycles. The Morgan fingerprint density at radius 3 is 2.67 bits per heavy atom. The SMILES string of the molecule is C=CNN1CCOCC1. The van der Waals surface area contributed by atoms with Gasteiger partial charge in [-0.3, -0.25) is 0 Å². The Hall–Kier alpha value is -0.540. The minimum atomic E-state index is 0.820. The lowest BCUT2D eigenvalue weighted by Gasteiger charge is -2.25. The molecule has 0 bridgehead atoms. The van der Waals surface area contributed by atoms with Gasteiger partial charge in [-0.15, -0.1) is 0 Å². The second kappa shape index (κ2) is 3.48. The Balaban J connectivity index is 2.15. The van der Waals surface area contributed by atoms with Crippen LogP contribution in [0.5, 0.6) is 0 Å². The number of ether oxygens (including phenoxy) is 1. The predicted molar refractivity (Wildman–Crippen MR) is 35.7 cm³/mol. The molecule has 3 nitrogen and oxygen atoms in total. The van der Waals surface area contributed by atoms with E-state index in [2.05, 4.69) is 17.0 Å². The lowest BCUT2D eigenvalue weighted by atomic mass is 10.5. The number of hydrogen-bond donors (Lipinski definition) is 1. The van der Waals surface area contributed by atoms with Gasteiger partial charge in [0.05, 0.1) is 13.2 Å². The maximum absolute atomic E-state index is 5.13. The Morgan fingerprint density at radius 2 is 2.11 bits per heavy atom. The van der Waals surface area contributed by atoms with Crippen LogP contribution in [0.2, 0.25) is 0 Å². The van der Waals surface area contributed by atoms with Gasteiger partial charge in [0.15, 0.2) is 0 Å². The van der Waals surface area contributed by atoms with Gasteiger partial charge < -0.3 is 10.2 Å². The van der Waals surface area contributed by atoms with Crippen LogP contribution in [0.3, 0.4) is 0 Å². The monoisotopic (exact) mass is 128 g/mol. The maximum Gasteiger partial charge on any atom is 0.0612 e. The van der Waals surface area contributed by atoms with Crippen LogP contribution in [-0.4, -0.2) is 31.3 Å². The highest BCUT2D eigenvalue weighted by molar-refractivity contribution is 4.64. The first-order chi connectivity index (χ1) is 4.43. The summed E-state index contributed by atoms with van der Waals surface area (Å²) in [5.74, 6) is 0. The lowest BCUT2D eigenvalue weighted by Crippen LogP contribution is -2.43. The van der Waals surface area contributed by atoms with Gasteiger partial charge >= 0.3 is 0 Å². The zero-order valence-corrected chi connectivity index (χ0v) is 5.47. The van der Waals surface area contributed by atoms with Crippen LogP contribution >= 0.6 is 0 Å². The molecule has 0 saturated carbocycles. The molecule has 0 unspecified atom stereocenters. The predicted octanol–water partition coefficient (Wildman–Crippen LogP) is -0.0333. The van der Waals surface area contributed by atoms with Gasteiger partial charge in [-0.05, 0) is 0 Å². The van der Waals surface area contributed by atoms with E-state index in [9.17, 15) is 0 Å². The van der Waals surface area contributed by atoms with E-state index < -0.39 is 0 Å². The Morgan fingerprint density at radius 1 is 1.44 bits per heavy atom. The average molecular weight is 128 g/mol.